The van der Waals surface area contributed by atoms with E-state index in [9.17, 15) is 14.4 Å². The number of ether oxygens (including phenoxy) is 4. The Labute approximate surface area is 296 Å². The van der Waals surface area contributed by atoms with E-state index in [4.69, 9.17) is 24.8 Å². The summed E-state index contributed by atoms with van der Waals surface area (Å²) in [7, 11) is 3.15. The Hall–Kier alpha value is -3.34. The van der Waals surface area contributed by atoms with Crippen molar-refractivity contribution in [3.8, 4) is 0 Å². The molecule has 0 aliphatic heterocycles. The van der Waals surface area contributed by atoms with E-state index < -0.39 is 6.29 Å². The van der Waals surface area contributed by atoms with Crippen molar-refractivity contribution in [2.24, 2.45) is 52.2 Å². The number of rotatable bonds is 11. The molecule has 10 atom stereocenters. The Kier molecular flexibility index (Phi) is 11.0. The molecule has 2 aromatic rings. The van der Waals surface area contributed by atoms with Crippen LogP contribution in [0.4, 0.5) is 0 Å². The maximum absolute atomic E-state index is 13.7. The molecule has 0 saturated heterocycles. The van der Waals surface area contributed by atoms with Crippen LogP contribution in [0.1, 0.15) is 118 Å². The van der Waals surface area contributed by atoms with Gasteiger partial charge in [0.25, 0.3) is 0 Å². The van der Waals surface area contributed by atoms with Crippen LogP contribution >= 0.6 is 0 Å². The number of nitrogens with two attached hydrogens (primary N) is 1. The number of nitrogens with zero attached hydrogens (tertiary/aromatic N) is 1. The molecule has 4 fully saturated rings. The zero-order valence-electron chi connectivity index (χ0n) is 30.3. The Morgan fingerprint density at radius 2 is 1.66 bits per heavy atom. The van der Waals surface area contributed by atoms with Gasteiger partial charge < -0.3 is 18.9 Å². The highest BCUT2D eigenvalue weighted by molar-refractivity contribution is 5.90. The van der Waals surface area contributed by atoms with Gasteiger partial charge in [-0.3, -0.25) is 15.2 Å². The maximum Gasteiger partial charge on any atom is 0.338 e. The van der Waals surface area contributed by atoms with Gasteiger partial charge in [0.2, 0.25) is 5.91 Å². The summed E-state index contributed by atoms with van der Waals surface area (Å²) in [6.45, 7) is 7.08. The van der Waals surface area contributed by atoms with E-state index in [1.54, 1.807) is 50.9 Å². The fourth-order valence-electron chi connectivity index (χ4n) is 11.1. The van der Waals surface area contributed by atoms with E-state index in [0.29, 0.717) is 47.1 Å². The number of nitrogens with one attached hydrogen (secondary N) is 1. The van der Waals surface area contributed by atoms with Crippen LogP contribution in [0, 0.1) is 46.3 Å². The second kappa shape index (κ2) is 15.1. The van der Waals surface area contributed by atoms with Gasteiger partial charge in [0.15, 0.2) is 6.29 Å². The summed E-state index contributed by atoms with van der Waals surface area (Å²) in [5.74, 6) is 7.05. The molecule has 0 bridgehead atoms. The molecule has 4 aliphatic rings. The lowest BCUT2D eigenvalue weighted by molar-refractivity contribution is -0.176. The minimum absolute atomic E-state index is 0.0570. The van der Waals surface area contributed by atoms with E-state index in [-0.39, 0.29) is 46.8 Å². The van der Waals surface area contributed by atoms with E-state index in [1.165, 1.54) is 0 Å². The van der Waals surface area contributed by atoms with Gasteiger partial charge in [0.1, 0.15) is 12.2 Å². The van der Waals surface area contributed by atoms with Crippen molar-refractivity contribution < 1.29 is 33.3 Å². The van der Waals surface area contributed by atoms with Crippen molar-refractivity contribution in [3.63, 3.8) is 0 Å². The largest absolute Gasteiger partial charge is 0.459 e. The zero-order chi connectivity index (χ0) is 35.6. The topological polar surface area (TPSA) is 139 Å². The Morgan fingerprint density at radius 3 is 2.38 bits per heavy atom. The molecule has 0 unspecified atom stereocenters. The molecule has 1 heterocycles. The first-order valence-electron chi connectivity index (χ1n) is 18.5. The lowest BCUT2D eigenvalue weighted by Gasteiger charge is -2.62. The number of methoxy groups -OCH3 is 2. The highest BCUT2D eigenvalue weighted by atomic mass is 16.7. The van der Waals surface area contributed by atoms with E-state index in [0.717, 1.165) is 63.4 Å². The van der Waals surface area contributed by atoms with Crippen LogP contribution in [0.3, 0.4) is 0 Å². The Balaban J connectivity index is 1.21. The van der Waals surface area contributed by atoms with Crippen molar-refractivity contribution in [2.75, 3.05) is 14.2 Å². The van der Waals surface area contributed by atoms with Crippen LogP contribution in [0.15, 0.2) is 48.8 Å². The smallest absolute Gasteiger partial charge is 0.338 e. The van der Waals surface area contributed by atoms with Crippen LogP contribution in [0.5, 0.6) is 0 Å². The van der Waals surface area contributed by atoms with Crippen LogP contribution in [0.25, 0.3) is 0 Å². The van der Waals surface area contributed by atoms with Gasteiger partial charge in [-0.2, -0.15) is 0 Å². The summed E-state index contributed by atoms with van der Waals surface area (Å²) < 4.78 is 23.6. The van der Waals surface area contributed by atoms with Crippen LogP contribution in [0.2, 0.25) is 0 Å². The van der Waals surface area contributed by atoms with Crippen molar-refractivity contribution in [2.45, 2.75) is 103 Å². The number of carbonyl (C=O) groups excluding carboxylic acids is 3. The summed E-state index contributed by atoms with van der Waals surface area (Å²) in [5, 5.41) is 0. The van der Waals surface area contributed by atoms with Gasteiger partial charge in [0, 0.05) is 44.0 Å². The standard InChI is InChI=1S/C40H55N3O7/c1-24(9-14-35(44)43-41)31-12-13-32-30-11-10-28-22-29(49-37(46)26-7-6-8-27(21-26)38(47-4)48-5)15-18-39(28,2)33(30)23-34(40(31,32)3)50-36(45)25-16-19-42-20-17-25/h6-8,16-17,19-21,24,28-34,38H,9-15,18,22-23,41H2,1-5H3,(H,43,44)/t24-,28-,29-,30+,31-,32+,33+,34+,39+,40-/m1/s1. The lowest BCUT2D eigenvalue weighted by atomic mass is 9.43. The third kappa shape index (κ3) is 6.83. The van der Waals surface area contributed by atoms with Gasteiger partial charge in [0.05, 0.1) is 11.1 Å². The van der Waals surface area contributed by atoms with Crippen LogP contribution in [-0.2, 0) is 23.7 Å². The first-order valence-corrected chi connectivity index (χ1v) is 18.5. The molecular formula is C40H55N3O7. The molecule has 0 spiro atoms. The number of fused-ring (bicyclic) bond motifs is 5. The molecule has 3 N–H and O–H groups in total. The van der Waals surface area contributed by atoms with Crippen molar-refractivity contribution in [3.05, 3.63) is 65.5 Å². The predicted molar refractivity (Wildman–Crippen MR) is 187 cm³/mol. The number of esters is 2. The molecule has 0 radical (unpaired) electrons. The van der Waals surface area contributed by atoms with E-state index in [2.05, 4.69) is 31.2 Å². The normalized spacial score (nSPS) is 33.8. The second-order valence-corrected chi connectivity index (χ2v) is 15.9. The third-order valence-electron chi connectivity index (χ3n) is 13.7. The molecule has 1 aromatic heterocycles. The van der Waals surface area contributed by atoms with Gasteiger partial charge >= 0.3 is 11.9 Å². The van der Waals surface area contributed by atoms with Gasteiger partial charge in [-0.15, -0.1) is 0 Å². The van der Waals surface area contributed by atoms with E-state index in [1.807, 2.05) is 12.1 Å². The Morgan fingerprint density at radius 1 is 0.920 bits per heavy atom. The molecule has 10 nitrogen and oxygen atoms in total. The minimum Gasteiger partial charge on any atom is -0.459 e. The molecule has 4 aliphatic carbocycles. The summed E-state index contributed by atoms with van der Waals surface area (Å²) in [5.41, 5.74) is 3.93. The van der Waals surface area contributed by atoms with Gasteiger partial charge in [-0.25, -0.2) is 15.4 Å². The van der Waals surface area contributed by atoms with E-state index >= 15 is 0 Å². The van der Waals surface area contributed by atoms with Crippen LogP contribution < -0.4 is 11.3 Å². The average molecular weight is 690 g/mol. The zero-order valence-corrected chi connectivity index (χ0v) is 30.3. The summed E-state index contributed by atoms with van der Waals surface area (Å²) in [4.78, 5) is 43.2. The summed E-state index contributed by atoms with van der Waals surface area (Å²) >= 11 is 0. The van der Waals surface area contributed by atoms with Crippen molar-refractivity contribution >= 4 is 17.8 Å². The van der Waals surface area contributed by atoms with Gasteiger partial charge in [-0.1, -0.05) is 32.9 Å². The second-order valence-electron chi connectivity index (χ2n) is 15.9. The SMILES string of the molecule is COC(OC)c1cccc(C(=O)O[C@@H]2CC[C@@]3(C)[C@H](CC[C@@H]4[C@@H]3C[C@H](OC(=O)c3ccncc3)[C@]3(C)[C@@H]([C@H](C)CCC(=O)NN)CC[C@@H]43)C2)c1. The number of carbonyl (C=O) groups is 3. The fraction of sp³-hybridized carbons (Fsp3) is 0.650. The lowest BCUT2D eigenvalue weighted by Crippen LogP contribution is -2.59. The third-order valence-corrected chi connectivity index (χ3v) is 13.7. The Bertz CT molecular complexity index is 1520. The first-order chi connectivity index (χ1) is 24.0. The highest BCUT2D eigenvalue weighted by Gasteiger charge is 2.65. The molecule has 6 rings (SSSR count). The van der Waals surface area contributed by atoms with Gasteiger partial charge in [-0.05, 0) is 123 Å². The number of benzene rings is 1. The molecular weight excluding hydrogens is 634 g/mol. The predicted octanol–water partition coefficient (Wildman–Crippen LogP) is 6.80. The molecule has 1 aromatic carbocycles. The first kappa shape index (κ1) is 36.5. The molecule has 1 amide bonds. The number of aromatic nitrogens is 1. The average Bonchev–Trinajstić information content (AvgIpc) is 3.50. The molecule has 10 heteroatoms. The quantitative estimate of drug-likeness (QED) is 0.0858. The molecule has 4 saturated carbocycles. The van der Waals surface area contributed by atoms with Crippen molar-refractivity contribution in [1.29, 1.82) is 0 Å². The number of amides is 1. The molecule has 272 valence electrons. The molecule has 50 heavy (non-hydrogen) atoms. The number of hydrazine groups is 1. The minimum atomic E-state index is -0.547. The number of hydrogen-bond donors (Lipinski definition) is 2. The summed E-state index contributed by atoms with van der Waals surface area (Å²) in [6.07, 6.45) is 11.3. The van der Waals surface area contributed by atoms with Crippen LogP contribution in [-0.4, -0.2) is 49.3 Å². The number of pyridine rings is 1. The maximum atomic E-state index is 13.7. The fourth-order valence-corrected chi connectivity index (χ4v) is 11.1. The number of hydrogen-bond acceptors (Lipinski definition) is 9. The highest BCUT2D eigenvalue weighted by Crippen LogP contribution is 2.69. The monoisotopic (exact) mass is 689 g/mol. The summed E-state index contributed by atoms with van der Waals surface area (Å²) in [6, 6.07) is 10.7. The van der Waals surface area contributed by atoms with Crippen molar-refractivity contribution in [1.82, 2.24) is 10.4 Å².